The standard InChI is InChI=1S/C13H11N3O4S/c17-11-8(12-16(11)9(6-21-12)13(18)19)4-7-5-10-15(14-7)2-1-3-20-10/h4-6,12H,1-3H2,(H,18,19)/b8-4-/t12-/m1/s1. The molecule has 0 aromatic carbocycles. The van der Waals surface area contributed by atoms with E-state index in [1.54, 1.807) is 16.8 Å². The molecule has 0 bridgehead atoms. The van der Waals surface area contributed by atoms with Gasteiger partial charge in [0.05, 0.1) is 17.9 Å². The van der Waals surface area contributed by atoms with E-state index in [1.165, 1.54) is 22.1 Å². The van der Waals surface area contributed by atoms with Gasteiger partial charge in [-0.15, -0.1) is 11.8 Å². The number of carboxylic acids is 1. The number of aromatic nitrogens is 2. The molecule has 108 valence electrons. The summed E-state index contributed by atoms with van der Waals surface area (Å²) in [7, 11) is 0. The average Bonchev–Trinajstić information content (AvgIpc) is 3.05. The third-order valence-corrected chi connectivity index (χ3v) is 4.66. The van der Waals surface area contributed by atoms with Crippen LogP contribution < -0.4 is 4.74 Å². The minimum atomic E-state index is -1.08. The Morgan fingerprint density at radius 1 is 1.57 bits per heavy atom. The van der Waals surface area contributed by atoms with Crippen molar-refractivity contribution < 1.29 is 19.4 Å². The molecule has 1 aromatic heterocycles. The molecule has 0 radical (unpaired) electrons. The number of aryl methyl sites for hydroxylation is 1. The number of carboxylic acid groups (broad SMARTS) is 1. The van der Waals surface area contributed by atoms with Crippen LogP contribution in [0.3, 0.4) is 0 Å². The molecule has 8 heteroatoms. The predicted molar refractivity (Wildman–Crippen MR) is 74.3 cm³/mol. The molecule has 0 spiro atoms. The van der Waals surface area contributed by atoms with Crippen LogP contribution in [0.2, 0.25) is 0 Å². The van der Waals surface area contributed by atoms with E-state index in [1.807, 2.05) is 0 Å². The lowest BCUT2D eigenvalue weighted by Crippen LogP contribution is -2.51. The van der Waals surface area contributed by atoms with E-state index < -0.39 is 5.97 Å². The van der Waals surface area contributed by atoms with E-state index in [0.717, 1.165) is 13.0 Å². The Bertz CT molecular complexity index is 697. The number of nitrogens with zero attached hydrogens (tertiary/aromatic N) is 3. The first-order valence-corrected chi connectivity index (χ1v) is 7.44. The van der Waals surface area contributed by atoms with E-state index in [9.17, 15) is 9.59 Å². The zero-order valence-electron chi connectivity index (χ0n) is 10.9. The maximum absolute atomic E-state index is 12.1. The van der Waals surface area contributed by atoms with Gasteiger partial charge < -0.3 is 9.84 Å². The topological polar surface area (TPSA) is 84.7 Å². The van der Waals surface area contributed by atoms with Crippen molar-refractivity contribution in [3.8, 4) is 5.88 Å². The third-order valence-electron chi connectivity index (χ3n) is 3.58. The Morgan fingerprint density at radius 2 is 2.43 bits per heavy atom. The summed E-state index contributed by atoms with van der Waals surface area (Å²) >= 11 is 1.32. The molecule has 3 aliphatic heterocycles. The maximum atomic E-state index is 12.1. The predicted octanol–water partition coefficient (Wildman–Crippen LogP) is 0.890. The lowest BCUT2D eigenvalue weighted by Gasteiger charge is -2.36. The Morgan fingerprint density at radius 3 is 3.19 bits per heavy atom. The molecule has 0 saturated carbocycles. The van der Waals surface area contributed by atoms with Crippen LogP contribution in [-0.4, -0.2) is 43.6 Å². The van der Waals surface area contributed by atoms with E-state index in [-0.39, 0.29) is 17.0 Å². The Labute approximate surface area is 123 Å². The molecule has 4 rings (SSSR count). The molecular weight excluding hydrogens is 294 g/mol. The van der Waals surface area contributed by atoms with Crippen LogP contribution >= 0.6 is 11.8 Å². The van der Waals surface area contributed by atoms with E-state index in [4.69, 9.17) is 9.84 Å². The van der Waals surface area contributed by atoms with Crippen LogP contribution in [0, 0.1) is 0 Å². The summed E-state index contributed by atoms with van der Waals surface area (Å²) < 4.78 is 7.26. The van der Waals surface area contributed by atoms with Crippen molar-refractivity contribution in [2.24, 2.45) is 0 Å². The van der Waals surface area contributed by atoms with E-state index >= 15 is 0 Å². The summed E-state index contributed by atoms with van der Waals surface area (Å²) in [6.45, 7) is 1.49. The van der Waals surface area contributed by atoms with Gasteiger partial charge in [-0.1, -0.05) is 0 Å². The van der Waals surface area contributed by atoms with Crippen molar-refractivity contribution >= 4 is 29.7 Å². The largest absolute Gasteiger partial charge is 0.478 e. The van der Waals surface area contributed by atoms with Gasteiger partial charge in [0.25, 0.3) is 5.91 Å². The van der Waals surface area contributed by atoms with Crippen molar-refractivity contribution in [3.05, 3.63) is 28.4 Å². The number of thioether (sulfide) groups is 1. The van der Waals surface area contributed by atoms with Crippen LogP contribution in [0.4, 0.5) is 0 Å². The fraction of sp³-hybridized carbons (Fsp3) is 0.308. The fourth-order valence-electron chi connectivity index (χ4n) is 2.58. The van der Waals surface area contributed by atoms with Gasteiger partial charge in [0, 0.05) is 24.4 Å². The summed E-state index contributed by atoms with van der Waals surface area (Å²) in [5.74, 6) is -0.644. The molecular formula is C13H11N3O4S. The van der Waals surface area contributed by atoms with Crippen molar-refractivity contribution in [1.82, 2.24) is 14.7 Å². The maximum Gasteiger partial charge on any atom is 0.353 e. The average molecular weight is 305 g/mol. The SMILES string of the molecule is O=C(O)C1=CS[C@@H]2/C(=C\c3cc4n(n3)CCCO4)C(=O)N12. The Kier molecular flexibility index (Phi) is 2.61. The van der Waals surface area contributed by atoms with Gasteiger partial charge in [-0.25, -0.2) is 9.48 Å². The van der Waals surface area contributed by atoms with Crippen LogP contribution in [0.25, 0.3) is 6.08 Å². The van der Waals surface area contributed by atoms with Crippen molar-refractivity contribution in [2.75, 3.05) is 6.61 Å². The minimum Gasteiger partial charge on any atom is -0.478 e. The molecule has 3 aliphatic rings. The number of ether oxygens (including phenoxy) is 1. The molecule has 1 fully saturated rings. The minimum absolute atomic E-state index is 0.0413. The molecule has 1 N–H and O–H groups in total. The van der Waals surface area contributed by atoms with Gasteiger partial charge >= 0.3 is 5.97 Å². The number of β-lactam (4-membered cyclic amide) rings is 1. The molecule has 21 heavy (non-hydrogen) atoms. The normalized spacial score (nSPS) is 25.0. The lowest BCUT2D eigenvalue weighted by molar-refractivity contribution is -0.141. The summed E-state index contributed by atoms with van der Waals surface area (Å²) in [6, 6.07) is 1.80. The first kappa shape index (κ1) is 12.5. The van der Waals surface area contributed by atoms with Gasteiger partial charge in [-0.05, 0) is 6.08 Å². The molecule has 4 heterocycles. The molecule has 1 atom stereocenters. The number of amides is 1. The highest BCUT2D eigenvalue weighted by Crippen LogP contribution is 2.45. The van der Waals surface area contributed by atoms with Crippen LogP contribution in [0.5, 0.6) is 5.88 Å². The zero-order chi connectivity index (χ0) is 14.6. The first-order valence-electron chi connectivity index (χ1n) is 6.50. The number of hydrogen-bond acceptors (Lipinski definition) is 5. The van der Waals surface area contributed by atoms with Gasteiger partial charge in [-0.3, -0.25) is 9.69 Å². The summed E-state index contributed by atoms with van der Waals surface area (Å²) in [5.41, 5.74) is 1.28. The lowest BCUT2D eigenvalue weighted by atomic mass is 10.0. The second-order valence-corrected chi connectivity index (χ2v) is 5.86. The highest BCUT2D eigenvalue weighted by Gasteiger charge is 2.49. The van der Waals surface area contributed by atoms with Crippen molar-refractivity contribution in [2.45, 2.75) is 18.3 Å². The van der Waals surface area contributed by atoms with E-state index in [0.29, 0.717) is 23.8 Å². The number of rotatable bonds is 2. The van der Waals surface area contributed by atoms with Gasteiger partial charge in [0.1, 0.15) is 11.1 Å². The monoisotopic (exact) mass is 305 g/mol. The van der Waals surface area contributed by atoms with Crippen molar-refractivity contribution in [1.29, 1.82) is 0 Å². The first-order chi connectivity index (χ1) is 10.1. The number of carbonyl (C=O) groups is 2. The van der Waals surface area contributed by atoms with E-state index in [2.05, 4.69) is 5.10 Å². The second-order valence-electron chi connectivity index (χ2n) is 4.90. The van der Waals surface area contributed by atoms with Crippen molar-refractivity contribution in [3.63, 3.8) is 0 Å². The summed E-state index contributed by atoms with van der Waals surface area (Å²) in [5, 5.41) is 14.6. The summed E-state index contributed by atoms with van der Waals surface area (Å²) in [6.07, 6.45) is 2.63. The van der Waals surface area contributed by atoms with Crippen LogP contribution in [-0.2, 0) is 16.1 Å². The molecule has 1 amide bonds. The second kappa shape index (κ2) is 4.39. The van der Waals surface area contributed by atoms with Gasteiger partial charge in [-0.2, -0.15) is 5.10 Å². The summed E-state index contributed by atoms with van der Waals surface area (Å²) in [4.78, 5) is 24.4. The number of fused-ring (bicyclic) bond motifs is 2. The molecule has 1 aromatic rings. The fourth-order valence-corrected chi connectivity index (χ4v) is 3.70. The Balaban J connectivity index is 1.60. The highest BCUT2D eigenvalue weighted by molar-refractivity contribution is 8.03. The van der Waals surface area contributed by atoms with Gasteiger partial charge in [0.2, 0.25) is 5.88 Å². The smallest absolute Gasteiger partial charge is 0.353 e. The highest BCUT2D eigenvalue weighted by atomic mass is 32.2. The zero-order valence-corrected chi connectivity index (χ0v) is 11.7. The third kappa shape index (κ3) is 1.79. The molecule has 1 saturated heterocycles. The van der Waals surface area contributed by atoms with Gasteiger partial charge in [0.15, 0.2) is 0 Å². The molecule has 0 unspecified atom stereocenters. The quantitative estimate of drug-likeness (QED) is 0.645. The molecule has 7 nitrogen and oxygen atoms in total. The number of hydrogen-bond donors (Lipinski definition) is 1. The molecule has 0 aliphatic carbocycles. The Hall–Kier alpha value is -2.22. The van der Waals surface area contributed by atoms with Crippen LogP contribution in [0.1, 0.15) is 12.1 Å². The number of carbonyl (C=O) groups excluding carboxylic acids is 1. The number of aliphatic carboxylic acids is 1. The van der Waals surface area contributed by atoms with Crippen LogP contribution in [0.15, 0.2) is 22.7 Å².